The minimum absolute atomic E-state index is 0.0363. The number of anilines is 1. The Morgan fingerprint density at radius 1 is 1.58 bits per heavy atom. The van der Waals surface area contributed by atoms with Gasteiger partial charge in [0.05, 0.1) is 25.7 Å². The van der Waals surface area contributed by atoms with Crippen LogP contribution in [-0.2, 0) is 9.53 Å². The Balaban J connectivity index is 2.23. The summed E-state index contributed by atoms with van der Waals surface area (Å²) in [5.74, 6) is 0.681. The van der Waals surface area contributed by atoms with Gasteiger partial charge < -0.3 is 20.1 Å². The van der Waals surface area contributed by atoms with Crippen molar-refractivity contribution in [3.05, 3.63) is 24.3 Å². The largest absolute Gasteiger partial charge is 0.497 e. The van der Waals surface area contributed by atoms with E-state index in [0.29, 0.717) is 19.0 Å². The van der Waals surface area contributed by atoms with Crippen molar-refractivity contribution in [2.45, 2.75) is 13.0 Å². The lowest BCUT2D eigenvalue weighted by molar-refractivity contribution is -0.127. The SMILES string of the molecule is COc1cccc(N(C)C(=O)C2(C)COCC2N)c1. The molecule has 104 valence electrons. The average Bonchev–Trinajstić information content (AvgIpc) is 2.78. The smallest absolute Gasteiger partial charge is 0.236 e. The van der Waals surface area contributed by atoms with E-state index in [-0.39, 0.29) is 11.9 Å². The maximum absolute atomic E-state index is 12.6. The third-order valence-corrected chi connectivity index (χ3v) is 3.75. The maximum Gasteiger partial charge on any atom is 0.236 e. The molecule has 1 aliphatic heterocycles. The fraction of sp³-hybridized carbons (Fsp3) is 0.500. The molecule has 2 unspecified atom stereocenters. The number of carbonyl (C=O) groups is 1. The second-order valence-corrected chi connectivity index (χ2v) is 5.10. The van der Waals surface area contributed by atoms with Gasteiger partial charge in [-0.2, -0.15) is 0 Å². The van der Waals surface area contributed by atoms with Crippen molar-refractivity contribution in [3.8, 4) is 5.75 Å². The summed E-state index contributed by atoms with van der Waals surface area (Å²) in [6, 6.07) is 7.11. The minimum atomic E-state index is -0.669. The number of hydrogen-bond donors (Lipinski definition) is 1. The van der Waals surface area contributed by atoms with E-state index in [4.69, 9.17) is 15.2 Å². The number of benzene rings is 1. The standard InChI is InChI=1S/C14H20N2O3/c1-14(9-19-8-12(14)15)13(17)16(2)10-5-4-6-11(7-10)18-3/h4-7,12H,8-9,15H2,1-3H3. The first-order valence-electron chi connectivity index (χ1n) is 6.24. The van der Waals surface area contributed by atoms with Crippen LogP contribution in [0.2, 0.25) is 0 Å². The lowest BCUT2D eigenvalue weighted by atomic mass is 9.84. The molecule has 1 aromatic carbocycles. The van der Waals surface area contributed by atoms with E-state index >= 15 is 0 Å². The van der Waals surface area contributed by atoms with Gasteiger partial charge in [-0.25, -0.2) is 0 Å². The highest BCUT2D eigenvalue weighted by molar-refractivity contribution is 5.97. The highest BCUT2D eigenvalue weighted by Gasteiger charge is 2.46. The molecule has 0 radical (unpaired) electrons. The molecule has 19 heavy (non-hydrogen) atoms. The van der Waals surface area contributed by atoms with E-state index in [2.05, 4.69) is 0 Å². The first kappa shape index (κ1) is 13.8. The molecule has 0 bridgehead atoms. The Hall–Kier alpha value is -1.59. The van der Waals surface area contributed by atoms with Gasteiger partial charge >= 0.3 is 0 Å². The Bertz CT molecular complexity index is 478. The predicted octanol–water partition coefficient (Wildman–Crippen LogP) is 1.02. The van der Waals surface area contributed by atoms with Gasteiger partial charge in [0.1, 0.15) is 5.75 Å². The summed E-state index contributed by atoms with van der Waals surface area (Å²) in [6.07, 6.45) is 0. The van der Waals surface area contributed by atoms with Crippen molar-refractivity contribution >= 4 is 11.6 Å². The van der Waals surface area contributed by atoms with Crippen molar-refractivity contribution in [1.29, 1.82) is 0 Å². The van der Waals surface area contributed by atoms with Gasteiger partial charge in [0, 0.05) is 24.8 Å². The predicted molar refractivity (Wildman–Crippen MR) is 73.3 cm³/mol. The van der Waals surface area contributed by atoms with Crippen LogP contribution in [0.3, 0.4) is 0 Å². The molecule has 1 amide bonds. The van der Waals surface area contributed by atoms with Gasteiger partial charge in [0.25, 0.3) is 0 Å². The zero-order valence-electron chi connectivity index (χ0n) is 11.6. The first-order chi connectivity index (χ1) is 8.99. The number of hydrogen-bond acceptors (Lipinski definition) is 4. The third-order valence-electron chi connectivity index (χ3n) is 3.75. The molecule has 1 fully saturated rings. The van der Waals surface area contributed by atoms with E-state index in [1.165, 1.54) is 0 Å². The monoisotopic (exact) mass is 264 g/mol. The van der Waals surface area contributed by atoms with Gasteiger partial charge in [-0.1, -0.05) is 6.07 Å². The summed E-state index contributed by atoms with van der Waals surface area (Å²) in [7, 11) is 3.34. The molecule has 1 aliphatic rings. The molecule has 0 aromatic heterocycles. The molecule has 2 atom stereocenters. The number of carbonyl (C=O) groups excluding carboxylic acids is 1. The number of methoxy groups -OCH3 is 1. The second-order valence-electron chi connectivity index (χ2n) is 5.10. The number of amides is 1. The summed E-state index contributed by atoms with van der Waals surface area (Å²) in [6.45, 7) is 2.64. The van der Waals surface area contributed by atoms with Gasteiger partial charge in [0.15, 0.2) is 0 Å². The summed E-state index contributed by atoms with van der Waals surface area (Å²) >= 11 is 0. The third kappa shape index (κ3) is 2.43. The van der Waals surface area contributed by atoms with E-state index in [0.717, 1.165) is 5.69 Å². The number of nitrogens with zero attached hydrogens (tertiary/aromatic N) is 1. The van der Waals surface area contributed by atoms with Crippen LogP contribution >= 0.6 is 0 Å². The molecule has 0 spiro atoms. The fourth-order valence-electron chi connectivity index (χ4n) is 2.23. The van der Waals surface area contributed by atoms with Crippen molar-refractivity contribution in [2.24, 2.45) is 11.1 Å². The zero-order valence-corrected chi connectivity index (χ0v) is 11.6. The summed E-state index contributed by atoms with van der Waals surface area (Å²) in [5, 5.41) is 0. The fourth-order valence-corrected chi connectivity index (χ4v) is 2.23. The zero-order chi connectivity index (χ0) is 14.0. The van der Waals surface area contributed by atoms with Gasteiger partial charge in [-0.3, -0.25) is 4.79 Å². The van der Waals surface area contributed by atoms with Crippen LogP contribution < -0.4 is 15.4 Å². The van der Waals surface area contributed by atoms with Gasteiger partial charge in [0.2, 0.25) is 5.91 Å². The molecule has 0 saturated carbocycles. The van der Waals surface area contributed by atoms with Crippen LogP contribution in [0.4, 0.5) is 5.69 Å². The molecular formula is C14H20N2O3. The molecule has 5 nitrogen and oxygen atoms in total. The highest BCUT2D eigenvalue weighted by atomic mass is 16.5. The molecule has 2 N–H and O–H groups in total. The van der Waals surface area contributed by atoms with Crippen molar-refractivity contribution in [1.82, 2.24) is 0 Å². The topological polar surface area (TPSA) is 64.8 Å². The highest BCUT2D eigenvalue weighted by Crippen LogP contribution is 2.31. The molecule has 1 saturated heterocycles. The summed E-state index contributed by atoms with van der Waals surface area (Å²) < 4.78 is 10.5. The van der Waals surface area contributed by atoms with Crippen LogP contribution in [0.5, 0.6) is 5.75 Å². The Morgan fingerprint density at radius 3 is 2.89 bits per heavy atom. The van der Waals surface area contributed by atoms with E-state index in [1.807, 2.05) is 31.2 Å². The van der Waals surface area contributed by atoms with E-state index in [1.54, 1.807) is 19.1 Å². The average molecular weight is 264 g/mol. The first-order valence-corrected chi connectivity index (χ1v) is 6.24. The Labute approximate surface area is 113 Å². The lowest BCUT2D eigenvalue weighted by Gasteiger charge is -2.31. The van der Waals surface area contributed by atoms with Crippen LogP contribution in [-0.4, -0.2) is 39.3 Å². The molecule has 1 aromatic rings. The molecular weight excluding hydrogens is 244 g/mol. The van der Waals surface area contributed by atoms with Crippen LogP contribution in [0, 0.1) is 5.41 Å². The van der Waals surface area contributed by atoms with Crippen LogP contribution in [0.1, 0.15) is 6.92 Å². The second kappa shape index (κ2) is 5.19. The molecule has 1 heterocycles. The minimum Gasteiger partial charge on any atom is -0.497 e. The summed E-state index contributed by atoms with van der Waals surface area (Å²) in [5.41, 5.74) is 6.10. The van der Waals surface area contributed by atoms with Crippen LogP contribution in [0.25, 0.3) is 0 Å². The van der Waals surface area contributed by atoms with Crippen molar-refractivity contribution in [3.63, 3.8) is 0 Å². The van der Waals surface area contributed by atoms with Gasteiger partial charge in [-0.15, -0.1) is 0 Å². The van der Waals surface area contributed by atoms with Crippen molar-refractivity contribution in [2.75, 3.05) is 32.3 Å². The number of nitrogens with two attached hydrogens (primary N) is 1. The van der Waals surface area contributed by atoms with E-state index < -0.39 is 5.41 Å². The molecule has 5 heteroatoms. The summed E-state index contributed by atoms with van der Waals surface area (Å²) in [4.78, 5) is 14.2. The Kier molecular flexibility index (Phi) is 3.78. The van der Waals surface area contributed by atoms with Crippen LogP contribution in [0.15, 0.2) is 24.3 Å². The molecule has 0 aliphatic carbocycles. The van der Waals surface area contributed by atoms with E-state index in [9.17, 15) is 4.79 Å². The lowest BCUT2D eigenvalue weighted by Crippen LogP contribution is -2.50. The normalized spacial score (nSPS) is 26.2. The number of rotatable bonds is 3. The maximum atomic E-state index is 12.6. The van der Waals surface area contributed by atoms with Gasteiger partial charge in [-0.05, 0) is 19.1 Å². The van der Waals surface area contributed by atoms with Crippen molar-refractivity contribution < 1.29 is 14.3 Å². The molecule has 2 rings (SSSR count). The Morgan fingerprint density at radius 2 is 2.32 bits per heavy atom. The quantitative estimate of drug-likeness (QED) is 0.885. The number of ether oxygens (including phenoxy) is 2.